The van der Waals surface area contributed by atoms with Gasteiger partial charge in [-0.1, -0.05) is 0 Å². The lowest BCUT2D eigenvalue weighted by Crippen LogP contribution is -2.59. The number of likely N-dealkylation sites (N-methyl/N-ethyl adjacent to an activating group) is 1. The van der Waals surface area contributed by atoms with E-state index < -0.39 is 24.8 Å². The number of hydrogen-bond donors (Lipinski definition) is 3. The van der Waals surface area contributed by atoms with E-state index in [1.807, 2.05) is 0 Å². The summed E-state index contributed by atoms with van der Waals surface area (Å²) in [5.41, 5.74) is 5.22. The minimum Gasteiger partial charge on any atom is -0.467 e. The molecule has 0 heterocycles. The molecule has 0 aromatic rings. The lowest BCUT2D eigenvalue weighted by molar-refractivity contribution is -0.151. The van der Waals surface area contributed by atoms with E-state index in [1.165, 1.54) is 7.05 Å². The van der Waals surface area contributed by atoms with E-state index in [-0.39, 0.29) is 6.54 Å². The Kier molecular flexibility index (Phi) is 4.63. The third-order valence-electron chi connectivity index (χ3n) is 2.10. The number of methoxy groups -OCH3 is 1. The van der Waals surface area contributed by atoms with Crippen LogP contribution < -0.4 is 5.73 Å². The molecule has 0 bridgehead atoms. The van der Waals surface area contributed by atoms with Crippen molar-refractivity contribution in [2.45, 2.75) is 12.2 Å². The number of esters is 1. The highest BCUT2D eigenvalue weighted by Crippen LogP contribution is 2.48. The number of rotatable bonds is 4. The molecule has 0 aromatic carbocycles. The quantitative estimate of drug-likeness (QED) is 0.315. The summed E-state index contributed by atoms with van der Waals surface area (Å²) < 4.78 is 15.3. The predicted octanol–water partition coefficient (Wildman–Crippen LogP) is -1.53. The predicted molar refractivity (Wildman–Crippen MR) is 54.3 cm³/mol. The first-order valence-corrected chi connectivity index (χ1v) is 5.92. The summed E-state index contributed by atoms with van der Waals surface area (Å²) >= 11 is 0. The first-order chi connectivity index (χ1) is 7.12. The van der Waals surface area contributed by atoms with Crippen LogP contribution in [0.4, 0.5) is 0 Å². The van der Waals surface area contributed by atoms with E-state index in [2.05, 4.69) is 4.74 Å². The first-order valence-electron chi connectivity index (χ1n) is 4.31. The summed E-state index contributed by atoms with van der Waals surface area (Å²) in [5.74, 6) is -2.65. The summed E-state index contributed by atoms with van der Waals surface area (Å²) in [6.07, 6.45) is 0. The van der Waals surface area contributed by atoms with Gasteiger partial charge in [0, 0.05) is 13.6 Å². The molecule has 1 amide bonds. The molecule has 0 saturated carbocycles. The van der Waals surface area contributed by atoms with Crippen LogP contribution in [0.25, 0.3) is 0 Å². The van der Waals surface area contributed by atoms with Crippen molar-refractivity contribution in [1.82, 2.24) is 4.90 Å². The van der Waals surface area contributed by atoms with Gasteiger partial charge in [-0.25, -0.2) is 4.79 Å². The molecule has 0 rings (SSSR count). The second-order valence-electron chi connectivity index (χ2n) is 3.12. The van der Waals surface area contributed by atoms with Gasteiger partial charge < -0.3 is 19.4 Å². The molecule has 9 heteroatoms. The number of ether oxygens (including phenoxy) is 1. The van der Waals surface area contributed by atoms with Crippen LogP contribution in [0.1, 0.15) is 6.92 Å². The molecule has 8 nitrogen and oxygen atoms in total. The van der Waals surface area contributed by atoms with Gasteiger partial charge in [-0.3, -0.25) is 15.1 Å². The molecule has 94 valence electrons. The third-order valence-corrected chi connectivity index (χ3v) is 3.40. The van der Waals surface area contributed by atoms with E-state index in [9.17, 15) is 14.2 Å². The largest absolute Gasteiger partial charge is 0.467 e. The Balaban J connectivity index is 5.52. The van der Waals surface area contributed by atoms with Crippen molar-refractivity contribution in [2.24, 2.45) is 5.73 Å². The van der Waals surface area contributed by atoms with Crippen LogP contribution >= 0.6 is 7.60 Å². The van der Waals surface area contributed by atoms with Crippen molar-refractivity contribution in [2.75, 3.05) is 20.7 Å². The smallest absolute Gasteiger partial charge is 0.366 e. The van der Waals surface area contributed by atoms with Crippen LogP contribution in [0.3, 0.4) is 0 Å². The molecule has 1 atom stereocenters. The molecule has 0 spiro atoms. The average molecular weight is 254 g/mol. The molecule has 0 radical (unpaired) electrons. The van der Waals surface area contributed by atoms with E-state index in [1.54, 1.807) is 6.92 Å². The molecule has 0 saturated heterocycles. The maximum Gasteiger partial charge on any atom is 0.366 e. The number of hydrogen-bond acceptors (Lipinski definition) is 5. The van der Waals surface area contributed by atoms with Crippen LogP contribution in [0.2, 0.25) is 0 Å². The van der Waals surface area contributed by atoms with E-state index in [0.717, 1.165) is 12.0 Å². The van der Waals surface area contributed by atoms with Crippen molar-refractivity contribution in [1.29, 1.82) is 0 Å². The van der Waals surface area contributed by atoms with Crippen LogP contribution in [0.15, 0.2) is 0 Å². The Morgan fingerprint density at radius 1 is 1.50 bits per heavy atom. The Morgan fingerprint density at radius 2 is 1.94 bits per heavy atom. The van der Waals surface area contributed by atoms with Crippen molar-refractivity contribution in [3.8, 4) is 0 Å². The van der Waals surface area contributed by atoms with Crippen LogP contribution in [-0.2, 0) is 18.9 Å². The topological polar surface area (TPSA) is 130 Å². The molecular formula is C7H15N2O6P. The van der Waals surface area contributed by atoms with Gasteiger partial charge in [-0.2, -0.15) is 0 Å². The maximum atomic E-state index is 11.7. The first kappa shape index (κ1) is 15.0. The van der Waals surface area contributed by atoms with Gasteiger partial charge >= 0.3 is 13.6 Å². The number of nitrogens with zero attached hydrogens (tertiary/aromatic N) is 1. The van der Waals surface area contributed by atoms with E-state index >= 15 is 0 Å². The number of carbonyl (C=O) groups excluding carboxylic acids is 2. The molecule has 0 fully saturated rings. The van der Waals surface area contributed by atoms with Crippen molar-refractivity contribution < 1.29 is 28.7 Å². The number of nitrogens with two attached hydrogens (primary N) is 1. The summed E-state index contributed by atoms with van der Waals surface area (Å²) in [6, 6.07) is 0. The van der Waals surface area contributed by atoms with Gasteiger partial charge in [0.05, 0.1) is 7.11 Å². The summed E-state index contributed by atoms with van der Waals surface area (Å²) in [5, 5.41) is -2.98. The minimum absolute atomic E-state index is 0.148. The summed E-state index contributed by atoms with van der Waals surface area (Å²) in [7, 11) is -3.02. The Labute approximate surface area is 92.5 Å². The Morgan fingerprint density at radius 3 is 2.19 bits per heavy atom. The lowest BCUT2D eigenvalue weighted by atomic mass is 10.2. The minimum atomic E-state index is -5.17. The normalized spacial score (nSPS) is 15.1. The zero-order valence-corrected chi connectivity index (χ0v) is 10.1. The zero-order valence-electron chi connectivity index (χ0n) is 9.21. The fourth-order valence-corrected chi connectivity index (χ4v) is 1.67. The number of carbonyl (C=O) groups is 2. The molecule has 1 unspecified atom stereocenters. The standard InChI is InChI=1S/C7H15N2O6P/c1-4-9(2)5(10)7(8,6(11)15-3)16(12,13)14/h4,8H2,1-3H3,(H2,12,13,14). The Hall–Kier alpha value is -0.950. The van der Waals surface area contributed by atoms with Crippen LogP contribution in [0.5, 0.6) is 0 Å². The molecular weight excluding hydrogens is 239 g/mol. The average Bonchev–Trinajstić information content (AvgIpc) is 2.22. The van der Waals surface area contributed by atoms with E-state index in [0.29, 0.717) is 0 Å². The summed E-state index contributed by atoms with van der Waals surface area (Å²) in [4.78, 5) is 41.8. The van der Waals surface area contributed by atoms with Gasteiger partial charge in [0.25, 0.3) is 11.2 Å². The summed E-state index contributed by atoms with van der Waals surface area (Å²) in [6.45, 7) is 1.71. The highest BCUT2D eigenvalue weighted by Gasteiger charge is 2.59. The second-order valence-corrected chi connectivity index (χ2v) is 4.91. The van der Waals surface area contributed by atoms with Gasteiger partial charge in [0.15, 0.2) is 0 Å². The van der Waals surface area contributed by atoms with Crippen molar-refractivity contribution in [3.63, 3.8) is 0 Å². The van der Waals surface area contributed by atoms with Crippen LogP contribution in [-0.4, -0.2) is 52.5 Å². The molecule has 16 heavy (non-hydrogen) atoms. The highest BCUT2D eigenvalue weighted by molar-refractivity contribution is 7.56. The third kappa shape index (κ3) is 2.41. The SMILES string of the molecule is CCN(C)C(=O)C(N)(C(=O)OC)P(=O)(O)O. The van der Waals surface area contributed by atoms with Crippen LogP contribution in [0, 0.1) is 0 Å². The molecule has 0 aliphatic rings. The lowest BCUT2D eigenvalue weighted by Gasteiger charge is -2.29. The van der Waals surface area contributed by atoms with Gasteiger partial charge in [0.1, 0.15) is 0 Å². The molecule has 0 aliphatic heterocycles. The van der Waals surface area contributed by atoms with Gasteiger partial charge in [-0.15, -0.1) is 0 Å². The highest BCUT2D eigenvalue weighted by atomic mass is 31.2. The number of amides is 1. The van der Waals surface area contributed by atoms with Crippen molar-refractivity contribution >= 4 is 19.5 Å². The fourth-order valence-electron chi connectivity index (χ4n) is 0.921. The van der Waals surface area contributed by atoms with Crippen molar-refractivity contribution in [3.05, 3.63) is 0 Å². The molecule has 0 aliphatic carbocycles. The Bertz CT molecular complexity index is 340. The second kappa shape index (κ2) is 4.92. The van der Waals surface area contributed by atoms with Gasteiger partial charge in [-0.05, 0) is 6.92 Å². The van der Waals surface area contributed by atoms with E-state index in [4.69, 9.17) is 15.5 Å². The maximum absolute atomic E-state index is 11.7. The molecule has 0 aromatic heterocycles. The molecule has 4 N–H and O–H groups in total. The zero-order chi connectivity index (χ0) is 13.1. The fraction of sp³-hybridized carbons (Fsp3) is 0.714. The van der Waals surface area contributed by atoms with Gasteiger partial charge in [0.2, 0.25) is 0 Å². The monoisotopic (exact) mass is 254 g/mol.